The van der Waals surface area contributed by atoms with Crippen molar-refractivity contribution in [3.63, 3.8) is 0 Å². The number of quaternary nitrogens is 1. The number of nitrogens with two attached hydrogens (primary N) is 1. The van der Waals surface area contributed by atoms with Crippen LogP contribution in [0, 0.1) is 0 Å². The Morgan fingerprint density at radius 1 is 1.13 bits per heavy atom. The van der Waals surface area contributed by atoms with Crippen molar-refractivity contribution in [2.24, 2.45) is 0 Å². The largest absolute Gasteiger partial charge is 0.336 e. The molecule has 0 radical (unpaired) electrons. The van der Waals surface area contributed by atoms with E-state index in [0.717, 1.165) is 0 Å². The number of hydrogen-bond acceptors (Lipinski definition) is 0. The molecule has 82 valence electrons. The molecule has 1 aromatic rings. The van der Waals surface area contributed by atoms with E-state index in [9.17, 15) is 0 Å². The van der Waals surface area contributed by atoms with Crippen LogP contribution in [0.1, 0.15) is 57.2 Å². The van der Waals surface area contributed by atoms with Gasteiger partial charge in [0.25, 0.3) is 0 Å². The molecule has 1 aromatic carbocycles. The maximum Gasteiger partial charge on any atom is 0.109 e. The normalized spacial score (nSPS) is 29.3. The molecule has 0 aliphatic carbocycles. The van der Waals surface area contributed by atoms with Gasteiger partial charge in [0.15, 0.2) is 0 Å². The van der Waals surface area contributed by atoms with Crippen molar-refractivity contribution in [1.82, 2.24) is 0 Å². The highest BCUT2D eigenvalue weighted by molar-refractivity contribution is 5.32. The van der Waals surface area contributed by atoms with Gasteiger partial charge in [0, 0.05) is 12.0 Å². The van der Waals surface area contributed by atoms with Gasteiger partial charge in [-0.3, -0.25) is 0 Å². The van der Waals surface area contributed by atoms with Crippen LogP contribution in [0.25, 0.3) is 0 Å². The van der Waals surface area contributed by atoms with Crippen molar-refractivity contribution < 1.29 is 5.32 Å². The molecule has 0 fully saturated rings. The topological polar surface area (TPSA) is 16.6 Å². The number of hydrogen-bond donors (Lipinski definition) is 1. The van der Waals surface area contributed by atoms with Gasteiger partial charge in [0.1, 0.15) is 6.04 Å². The zero-order valence-electron chi connectivity index (χ0n) is 10.2. The summed E-state index contributed by atoms with van der Waals surface area (Å²) in [5, 5.41) is 2.51. The van der Waals surface area contributed by atoms with Gasteiger partial charge >= 0.3 is 0 Å². The average molecular weight is 204 g/mol. The molecule has 1 aliphatic heterocycles. The summed E-state index contributed by atoms with van der Waals surface area (Å²) in [4.78, 5) is 0. The minimum atomic E-state index is 0.359. The molecule has 2 rings (SSSR count). The third-order valence-electron chi connectivity index (χ3n) is 3.55. The fourth-order valence-electron chi connectivity index (χ4n) is 3.11. The lowest BCUT2D eigenvalue weighted by atomic mass is 9.87. The van der Waals surface area contributed by atoms with Gasteiger partial charge in [-0.2, -0.15) is 0 Å². The first-order chi connectivity index (χ1) is 6.99. The van der Waals surface area contributed by atoms with Crippen LogP contribution in [0.3, 0.4) is 0 Å². The van der Waals surface area contributed by atoms with Gasteiger partial charge in [0.05, 0.1) is 5.54 Å². The van der Waals surface area contributed by atoms with Gasteiger partial charge in [-0.1, -0.05) is 31.2 Å². The van der Waals surface area contributed by atoms with Crippen LogP contribution in [0.2, 0.25) is 0 Å². The second-order valence-electron chi connectivity index (χ2n) is 5.68. The molecule has 0 bridgehead atoms. The van der Waals surface area contributed by atoms with E-state index in [1.807, 2.05) is 0 Å². The monoisotopic (exact) mass is 204 g/mol. The molecule has 2 N–H and O–H groups in total. The van der Waals surface area contributed by atoms with Crippen LogP contribution in [0.4, 0.5) is 0 Å². The minimum Gasteiger partial charge on any atom is -0.336 e. The van der Waals surface area contributed by atoms with E-state index in [4.69, 9.17) is 0 Å². The van der Waals surface area contributed by atoms with Crippen molar-refractivity contribution >= 4 is 0 Å². The molecule has 15 heavy (non-hydrogen) atoms. The van der Waals surface area contributed by atoms with Crippen LogP contribution in [0.15, 0.2) is 24.3 Å². The molecule has 0 saturated carbocycles. The van der Waals surface area contributed by atoms with Gasteiger partial charge in [-0.15, -0.1) is 0 Å². The molecule has 0 saturated heterocycles. The highest BCUT2D eigenvalue weighted by Crippen LogP contribution is 2.31. The smallest absolute Gasteiger partial charge is 0.109 e. The maximum atomic E-state index is 2.51. The van der Waals surface area contributed by atoms with Crippen molar-refractivity contribution in [1.29, 1.82) is 0 Å². The predicted octanol–water partition coefficient (Wildman–Crippen LogP) is 2.60. The molecule has 1 heterocycles. The first-order valence-corrected chi connectivity index (χ1v) is 5.94. The first-order valence-electron chi connectivity index (χ1n) is 5.94. The first kappa shape index (κ1) is 10.7. The fraction of sp³-hybridized carbons (Fsp3) is 0.571. The zero-order chi connectivity index (χ0) is 11.1. The van der Waals surface area contributed by atoms with Crippen molar-refractivity contribution in [3.05, 3.63) is 35.4 Å². The van der Waals surface area contributed by atoms with E-state index in [0.29, 0.717) is 17.5 Å². The van der Waals surface area contributed by atoms with Crippen LogP contribution >= 0.6 is 0 Å². The second kappa shape index (κ2) is 3.64. The van der Waals surface area contributed by atoms with E-state index in [1.165, 1.54) is 12.0 Å². The van der Waals surface area contributed by atoms with Crippen molar-refractivity contribution in [2.45, 2.75) is 51.6 Å². The summed E-state index contributed by atoms with van der Waals surface area (Å²) in [6, 6.07) is 9.50. The zero-order valence-corrected chi connectivity index (χ0v) is 10.2. The van der Waals surface area contributed by atoms with E-state index >= 15 is 0 Å². The average Bonchev–Trinajstić information content (AvgIpc) is 2.23. The van der Waals surface area contributed by atoms with Gasteiger partial charge in [-0.05, 0) is 32.3 Å². The Hall–Kier alpha value is -0.820. The third-order valence-corrected chi connectivity index (χ3v) is 3.55. The SMILES string of the molecule is C[C@@H]1[NH2+]C(C)(C)C[C@H](C)c2ccccc21. The van der Waals surface area contributed by atoms with Gasteiger partial charge in [0.2, 0.25) is 0 Å². The predicted molar refractivity (Wildman–Crippen MR) is 63.9 cm³/mol. The third kappa shape index (κ3) is 2.07. The van der Waals surface area contributed by atoms with Crippen molar-refractivity contribution in [2.75, 3.05) is 0 Å². The van der Waals surface area contributed by atoms with E-state index < -0.39 is 0 Å². The van der Waals surface area contributed by atoms with E-state index in [1.54, 1.807) is 5.56 Å². The Morgan fingerprint density at radius 2 is 1.73 bits per heavy atom. The fourth-order valence-corrected chi connectivity index (χ4v) is 3.11. The number of benzene rings is 1. The molecule has 2 atom stereocenters. The molecule has 0 spiro atoms. The van der Waals surface area contributed by atoms with Crippen molar-refractivity contribution in [3.8, 4) is 0 Å². The lowest BCUT2D eigenvalue weighted by molar-refractivity contribution is -0.754. The lowest BCUT2D eigenvalue weighted by Gasteiger charge is -2.24. The highest BCUT2D eigenvalue weighted by Gasteiger charge is 2.33. The Morgan fingerprint density at radius 3 is 2.40 bits per heavy atom. The summed E-state index contributed by atoms with van der Waals surface area (Å²) in [5.74, 6) is 0.678. The van der Waals surface area contributed by atoms with E-state index in [-0.39, 0.29) is 0 Å². The van der Waals surface area contributed by atoms with Crippen LogP contribution < -0.4 is 5.32 Å². The molecule has 0 unspecified atom stereocenters. The summed E-state index contributed by atoms with van der Waals surface area (Å²) in [7, 11) is 0. The van der Waals surface area contributed by atoms with Gasteiger partial charge < -0.3 is 5.32 Å². The summed E-state index contributed by atoms with van der Waals surface area (Å²) >= 11 is 0. The molecule has 1 nitrogen and oxygen atoms in total. The summed E-state index contributed by atoms with van der Waals surface area (Å²) in [6.45, 7) is 9.38. The Bertz CT molecular complexity index is 321. The Kier molecular flexibility index (Phi) is 2.59. The van der Waals surface area contributed by atoms with Crippen LogP contribution in [-0.2, 0) is 0 Å². The minimum absolute atomic E-state index is 0.359. The highest BCUT2D eigenvalue weighted by atomic mass is 15.0. The van der Waals surface area contributed by atoms with E-state index in [2.05, 4.69) is 57.3 Å². The quantitative estimate of drug-likeness (QED) is 0.669. The van der Waals surface area contributed by atoms with Crippen LogP contribution in [-0.4, -0.2) is 5.54 Å². The summed E-state index contributed by atoms with van der Waals surface area (Å²) in [6.07, 6.45) is 1.26. The van der Waals surface area contributed by atoms with Crippen LogP contribution in [0.5, 0.6) is 0 Å². The molecular weight excluding hydrogens is 182 g/mol. The Balaban J connectivity index is 2.45. The molecular formula is C14H22N+. The summed E-state index contributed by atoms with van der Waals surface area (Å²) < 4.78 is 0. The summed E-state index contributed by atoms with van der Waals surface area (Å²) in [5.41, 5.74) is 3.43. The van der Waals surface area contributed by atoms with Gasteiger partial charge in [-0.25, -0.2) is 0 Å². The molecule has 0 amide bonds. The Labute approximate surface area is 92.9 Å². The molecule has 0 aromatic heterocycles. The second-order valence-corrected chi connectivity index (χ2v) is 5.68. The standard InChI is InChI=1S/C14H21N/c1-10-9-14(3,4)15-11(2)13-8-6-5-7-12(10)13/h5-8,10-11,15H,9H2,1-4H3/p+1/t10-,11-/m0/s1. The maximum absolute atomic E-state index is 2.51. The molecule has 1 aliphatic rings. The number of fused-ring (bicyclic) bond motifs is 1. The lowest BCUT2D eigenvalue weighted by Crippen LogP contribution is -2.95. The molecule has 1 heteroatoms. The number of rotatable bonds is 0.